The maximum Gasteiger partial charge on any atom is 0.0954 e. The normalized spacial score (nSPS) is 13.5. The van der Waals surface area contributed by atoms with Crippen LogP contribution in [-0.2, 0) is 0 Å². The van der Waals surface area contributed by atoms with E-state index < -0.39 is 0 Å². The van der Waals surface area contributed by atoms with Crippen LogP contribution in [-0.4, -0.2) is 16.1 Å². The molecule has 1 aromatic heterocycles. The van der Waals surface area contributed by atoms with E-state index in [2.05, 4.69) is 23.4 Å². The van der Waals surface area contributed by atoms with Crippen LogP contribution >= 0.6 is 0 Å². The summed E-state index contributed by atoms with van der Waals surface area (Å²) in [6, 6.07) is 0.358. The van der Waals surface area contributed by atoms with Gasteiger partial charge < -0.3 is 10.3 Å². The van der Waals surface area contributed by atoms with Crippen molar-refractivity contribution >= 4 is 0 Å². The van der Waals surface area contributed by atoms with Gasteiger partial charge in [0, 0.05) is 18.3 Å². The van der Waals surface area contributed by atoms with Gasteiger partial charge in [-0.3, -0.25) is 0 Å². The molecule has 11 heavy (non-hydrogen) atoms. The summed E-state index contributed by atoms with van der Waals surface area (Å²) in [5.74, 6) is 0. The highest BCUT2D eigenvalue weighted by atomic mass is 15.1. The van der Waals surface area contributed by atoms with E-state index >= 15 is 0 Å². The lowest BCUT2D eigenvalue weighted by Crippen LogP contribution is -2.16. The van der Waals surface area contributed by atoms with Crippen LogP contribution in [0.2, 0.25) is 0 Å². The van der Waals surface area contributed by atoms with Crippen LogP contribution in [0.4, 0.5) is 0 Å². The van der Waals surface area contributed by atoms with Crippen molar-refractivity contribution in [3.05, 3.63) is 17.7 Å². The molecule has 0 saturated carbocycles. The molecule has 0 aliphatic heterocycles. The Hall–Kier alpha value is -0.830. The van der Waals surface area contributed by atoms with E-state index in [1.54, 1.807) is 0 Å². The van der Waals surface area contributed by atoms with E-state index in [1.807, 2.05) is 13.3 Å². The topological polar surface area (TPSA) is 43.8 Å². The Kier molecular flexibility index (Phi) is 2.29. The van der Waals surface area contributed by atoms with Crippen molar-refractivity contribution in [3.63, 3.8) is 0 Å². The Bertz CT molecular complexity index is 239. The van der Waals surface area contributed by atoms with Gasteiger partial charge in [0.05, 0.1) is 12.0 Å². The minimum Gasteiger partial charge on any atom is -0.331 e. The Labute approximate surface area is 67.2 Å². The molecule has 1 unspecified atom stereocenters. The summed E-state index contributed by atoms with van der Waals surface area (Å²) in [5.41, 5.74) is 7.83. The second-order valence-corrected chi connectivity index (χ2v) is 2.91. The van der Waals surface area contributed by atoms with Crippen LogP contribution in [0, 0.1) is 13.8 Å². The molecular weight excluding hydrogens is 138 g/mol. The first-order valence-electron chi connectivity index (χ1n) is 3.87. The number of aryl methyl sites for hydroxylation is 1. The number of hydrogen-bond acceptors (Lipinski definition) is 2. The quantitative estimate of drug-likeness (QED) is 0.689. The van der Waals surface area contributed by atoms with E-state index in [0.29, 0.717) is 12.6 Å². The van der Waals surface area contributed by atoms with Crippen LogP contribution in [0.1, 0.15) is 24.4 Å². The van der Waals surface area contributed by atoms with Gasteiger partial charge in [0.2, 0.25) is 0 Å². The monoisotopic (exact) mass is 153 g/mol. The second kappa shape index (κ2) is 3.05. The van der Waals surface area contributed by atoms with Crippen LogP contribution in [0.25, 0.3) is 0 Å². The van der Waals surface area contributed by atoms with Gasteiger partial charge >= 0.3 is 0 Å². The van der Waals surface area contributed by atoms with E-state index in [-0.39, 0.29) is 0 Å². The number of rotatable bonds is 2. The summed E-state index contributed by atoms with van der Waals surface area (Å²) >= 11 is 0. The van der Waals surface area contributed by atoms with E-state index in [1.165, 1.54) is 5.69 Å². The zero-order valence-corrected chi connectivity index (χ0v) is 7.33. The van der Waals surface area contributed by atoms with Crippen LogP contribution in [0.5, 0.6) is 0 Å². The number of nitrogens with zero attached hydrogens (tertiary/aromatic N) is 2. The molecule has 0 radical (unpaired) electrons. The zero-order chi connectivity index (χ0) is 8.43. The molecule has 1 atom stereocenters. The third-order valence-electron chi connectivity index (χ3n) is 2.10. The van der Waals surface area contributed by atoms with Crippen molar-refractivity contribution in [2.45, 2.75) is 26.8 Å². The van der Waals surface area contributed by atoms with Crippen LogP contribution < -0.4 is 5.73 Å². The van der Waals surface area contributed by atoms with Gasteiger partial charge in [-0.2, -0.15) is 0 Å². The molecule has 0 fully saturated rings. The largest absolute Gasteiger partial charge is 0.331 e. The van der Waals surface area contributed by atoms with Gasteiger partial charge in [-0.1, -0.05) is 0 Å². The maximum absolute atomic E-state index is 5.53. The third-order valence-corrected chi connectivity index (χ3v) is 2.10. The smallest absolute Gasteiger partial charge is 0.0954 e. The summed E-state index contributed by atoms with van der Waals surface area (Å²) in [5, 5.41) is 0. The van der Waals surface area contributed by atoms with Crippen molar-refractivity contribution in [1.29, 1.82) is 0 Å². The highest BCUT2D eigenvalue weighted by Gasteiger charge is 2.06. The molecule has 3 nitrogen and oxygen atoms in total. The van der Waals surface area contributed by atoms with Gasteiger partial charge in [0.15, 0.2) is 0 Å². The summed E-state index contributed by atoms with van der Waals surface area (Å²) in [4.78, 5) is 4.19. The first kappa shape index (κ1) is 8.27. The fraction of sp³-hybridized carbons (Fsp3) is 0.625. The van der Waals surface area contributed by atoms with E-state index in [4.69, 9.17) is 5.73 Å². The Morgan fingerprint density at radius 2 is 2.27 bits per heavy atom. The molecule has 3 heteroatoms. The van der Waals surface area contributed by atoms with Crippen molar-refractivity contribution in [2.75, 3.05) is 6.54 Å². The number of aromatic nitrogens is 2. The van der Waals surface area contributed by atoms with Crippen molar-refractivity contribution in [3.8, 4) is 0 Å². The molecule has 62 valence electrons. The lowest BCUT2D eigenvalue weighted by atomic mass is 10.3. The molecule has 1 aromatic rings. The third kappa shape index (κ3) is 1.43. The molecule has 0 spiro atoms. The Balaban J connectivity index is 2.94. The highest BCUT2D eigenvalue weighted by molar-refractivity contribution is 5.09. The molecule has 1 rings (SSSR count). The van der Waals surface area contributed by atoms with Crippen molar-refractivity contribution in [1.82, 2.24) is 9.55 Å². The minimum atomic E-state index is 0.358. The lowest BCUT2D eigenvalue weighted by molar-refractivity contribution is 0.546. The average Bonchev–Trinajstić information content (AvgIpc) is 2.32. The summed E-state index contributed by atoms with van der Waals surface area (Å²) in [6.07, 6.45) is 1.85. The summed E-state index contributed by atoms with van der Waals surface area (Å²) in [6.45, 7) is 6.83. The molecule has 0 saturated heterocycles. The van der Waals surface area contributed by atoms with Gasteiger partial charge in [-0.25, -0.2) is 4.98 Å². The highest BCUT2D eigenvalue weighted by Crippen LogP contribution is 2.10. The number of imidazole rings is 1. The first-order valence-corrected chi connectivity index (χ1v) is 3.87. The Morgan fingerprint density at radius 3 is 2.64 bits per heavy atom. The van der Waals surface area contributed by atoms with Gasteiger partial charge in [-0.05, 0) is 20.8 Å². The maximum atomic E-state index is 5.53. The van der Waals surface area contributed by atoms with Crippen molar-refractivity contribution in [2.24, 2.45) is 5.73 Å². The average molecular weight is 153 g/mol. The fourth-order valence-electron chi connectivity index (χ4n) is 1.07. The Morgan fingerprint density at radius 1 is 1.64 bits per heavy atom. The van der Waals surface area contributed by atoms with E-state index in [0.717, 1.165) is 5.69 Å². The minimum absolute atomic E-state index is 0.358. The molecule has 0 aromatic carbocycles. The fourth-order valence-corrected chi connectivity index (χ4v) is 1.07. The standard InChI is InChI=1S/C8H15N3/c1-6(4-9)11-5-10-7(2)8(11)3/h5-6H,4,9H2,1-3H3. The first-order chi connectivity index (χ1) is 5.16. The van der Waals surface area contributed by atoms with E-state index in [9.17, 15) is 0 Å². The SMILES string of the molecule is Cc1ncn(C(C)CN)c1C. The van der Waals surface area contributed by atoms with Gasteiger partial charge in [0.25, 0.3) is 0 Å². The molecule has 0 bridgehead atoms. The summed E-state index contributed by atoms with van der Waals surface area (Å²) < 4.78 is 2.11. The predicted octanol–water partition coefficient (Wildman–Crippen LogP) is 1.02. The molecule has 0 amide bonds. The van der Waals surface area contributed by atoms with Gasteiger partial charge in [-0.15, -0.1) is 0 Å². The lowest BCUT2D eigenvalue weighted by Gasteiger charge is -2.11. The zero-order valence-electron chi connectivity index (χ0n) is 7.33. The van der Waals surface area contributed by atoms with Crippen molar-refractivity contribution < 1.29 is 0 Å². The molecule has 2 N–H and O–H groups in total. The molecular formula is C8H15N3. The number of hydrogen-bond donors (Lipinski definition) is 1. The molecule has 1 heterocycles. The second-order valence-electron chi connectivity index (χ2n) is 2.91. The predicted molar refractivity (Wildman–Crippen MR) is 45.5 cm³/mol. The van der Waals surface area contributed by atoms with Crippen LogP contribution in [0.3, 0.4) is 0 Å². The molecule has 0 aliphatic rings. The molecule has 0 aliphatic carbocycles. The summed E-state index contributed by atoms with van der Waals surface area (Å²) in [7, 11) is 0. The van der Waals surface area contributed by atoms with Gasteiger partial charge in [0.1, 0.15) is 0 Å². The van der Waals surface area contributed by atoms with Crippen LogP contribution in [0.15, 0.2) is 6.33 Å². The number of nitrogens with two attached hydrogens (primary N) is 1.